The second-order valence-electron chi connectivity index (χ2n) is 2.44. The molecule has 0 saturated heterocycles. The molecule has 2 N–H and O–H groups in total. The molecule has 0 spiro atoms. The second-order valence-corrected chi connectivity index (χ2v) is 2.44. The molecular weight excluding hydrogens is 124 g/mol. The first kappa shape index (κ1) is 5.74. The van der Waals surface area contributed by atoms with Crippen LogP contribution in [-0.2, 0) is 6.54 Å². The lowest BCUT2D eigenvalue weighted by Crippen LogP contribution is -2.11. The summed E-state index contributed by atoms with van der Waals surface area (Å²) < 4.78 is 0. The molecule has 0 fully saturated rings. The molecule has 0 amide bonds. The molecule has 1 aliphatic heterocycles. The van der Waals surface area contributed by atoms with Crippen molar-refractivity contribution in [3.05, 3.63) is 29.6 Å². The van der Waals surface area contributed by atoms with Crippen LogP contribution in [0.3, 0.4) is 0 Å². The topological polar surface area (TPSA) is 27.8 Å². The van der Waals surface area contributed by atoms with Crippen molar-refractivity contribution in [1.82, 2.24) is 10.3 Å². The highest BCUT2D eigenvalue weighted by Gasteiger charge is 2.01. The van der Waals surface area contributed by atoms with Crippen LogP contribution in [0.4, 0.5) is 0 Å². The van der Waals surface area contributed by atoms with E-state index < -0.39 is 0 Å². The minimum atomic E-state index is 0.954. The van der Waals surface area contributed by atoms with Crippen molar-refractivity contribution in [3.63, 3.8) is 0 Å². The van der Waals surface area contributed by atoms with Gasteiger partial charge in [0.15, 0.2) is 0 Å². The fraction of sp³-hybridized carbons (Fsp3) is 0.250. The predicted molar refractivity (Wildman–Crippen MR) is 41.5 cm³/mol. The molecule has 0 bridgehead atoms. The zero-order chi connectivity index (χ0) is 6.81. The number of aromatic nitrogens is 1. The van der Waals surface area contributed by atoms with E-state index in [1.54, 1.807) is 0 Å². The molecule has 52 valence electrons. The van der Waals surface area contributed by atoms with Crippen LogP contribution in [0.1, 0.15) is 11.3 Å². The summed E-state index contributed by atoms with van der Waals surface area (Å²) in [6.07, 6.45) is 6.26. The number of H-pyrrole nitrogens is 1. The van der Waals surface area contributed by atoms with Crippen molar-refractivity contribution in [2.75, 3.05) is 6.54 Å². The van der Waals surface area contributed by atoms with E-state index in [4.69, 9.17) is 0 Å². The first-order chi connectivity index (χ1) is 4.97. The molecule has 2 heterocycles. The zero-order valence-electron chi connectivity index (χ0n) is 5.72. The van der Waals surface area contributed by atoms with Crippen molar-refractivity contribution in [1.29, 1.82) is 0 Å². The van der Waals surface area contributed by atoms with Gasteiger partial charge in [0, 0.05) is 25.0 Å². The Kier molecular flexibility index (Phi) is 1.32. The monoisotopic (exact) mass is 134 g/mol. The summed E-state index contributed by atoms with van der Waals surface area (Å²) in [6, 6.07) is 2.10. The van der Waals surface area contributed by atoms with E-state index >= 15 is 0 Å². The van der Waals surface area contributed by atoms with Crippen molar-refractivity contribution in [2.45, 2.75) is 6.54 Å². The fourth-order valence-electron chi connectivity index (χ4n) is 1.19. The van der Waals surface area contributed by atoms with Gasteiger partial charge in [-0.15, -0.1) is 0 Å². The second kappa shape index (κ2) is 2.31. The Morgan fingerprint density at radius 1 is 1.40 bits per heavy atom. The molecule has 0 aromatic carbocycles. The lowest BCUT2D eigenvalue weighted by molar-refractivity contribution is 0.750. The summed E-state index contributed by atoms with van der Waals surface area (Å²) in [7, 11) is 0. The quantitative estimate of drug-likeness (QED) is 0.547. The Hall–Kier alpha value is -1.02. The average Bonchev–Trinajstić information content (AvgIpc) is 2.28. The van der Waals surface area contributed by atoms with Crippen LogP contribution in [0.25, 0.3) is 6.08 Å². The van der Waals surface area contributed by atoms with Crippen LogP contribution in [0.15, 0.2) is 18.3 Å². The highest BCUT2D eigenvalue weighted by molar-refractivity contribution is 5.53. The van der Waals surface area contributed by atoms with Crippen LogP contribution >= 0.6 is 0 Å². The highest BCUT2D eigenvalue weighted by atomic mass is 14.9. The normalized spacial score (nSPS) is 16.4. The van der Waals surface area contributed by atoms with Crippen LogP contribution in [-0.4, -0.2) is 11.5 Å². The third-order valence-corrected chi connectivity index (χ3v) is 1.73. The summed E-state index contributed by atoms with van der Waals surface area (Å²) in [5, 5.41) is 3.27. The van der Waals surface area contributed by atoms with Gasteiger partial charge in [0.05, 0.1) is 0 Å². The molecule has 0 radical (unpaired) electrons. The van der Waals surface area contributed by atoms with E-state index in [0.29, 0.717) is 0 Å². The predicted octanol–water partition coefficient (Wildman–Crippen LogP) is 1.13. The van der Waals surface area contributed by atoms with Gasteiger partial charge in [-0.05, 0) is 11.6 Å². The van der Waals surface area contributed by atoms with E-state index in [-0.39, 0.29) is 0 Å². The number of hydrogen-bond acceptors (Lipinski definition) is 1. The highest BCUT2D eigenvalue weighted by Crippen LogP contribution is 2.09. The molecule has 1 aromatic rings. The SMILES string of the molecule is C1=Cc2cc[nH]c2CNC1. The molecular formula is C8H10N2. The largest absolute Gasteiger partial charge is 0.363 e. The van der Waals surface area contributed by atoms with E-state index in [2.05, 4.69) is 28.5 Å². The summed E-state index contributed by atoms with van der Waals surface area (Å²) in [6.45, 7) is 1.93. The Bertz CT molecular complexity index is 248. The standard InChI is InChI=1S/C8H10N2/c1-2-7-3-5-10-8(7)6-9-4-1/h1-3,5,9-10H,4,6H2. The minimum Gasteiger partial charge on any atom is -0.363 e. The Morgan fingerprint density at radius 3 is 3.40 bits per heavy atom. The molecule has 2 heteroatoms. The third kappa shape index (κ3) is 0.866. The van der Waals surface area contributed by atoms with Gasteiger partial charge >= 0.3 is 0 Å². The van der Waals surface area contributed by atoms with Gasteiger partial charge in [0.25, 0.3) is 0 Å². The molecule has 0 aliphatic carbocycles. The van der Waals surface area contributed by atoms with Crippen LogP contribution in [0.2, 0.25) is 0 Å². The van der Waals surface area contributed by atoms with Crippen molar-refractivity contribution >= 4 is 6.08 Å². The summed E-state index contributed by atoms with van der Waals surface area (Å²) >= 11 is 0. The van der Waals surface area contributed by atoms with Gasteiger partial charge in [0.1, 0.15) is 0 Å². The van der Waals surface area contributed by atoms with Gasteiger partial charge in [-0.3, -0.25) is 0 Å². The van der Waals surface area contributed by atoms with Crippen molar-refractivity contribution < 1.29 is 0 Å². The molecule has 10 heavy (non-hydrogen) atoms. The maximum Gasteiger partial charge on any atom is 0.0366 e. The maximum atomic E-state index is 3.27. The number of nitrogens with one attached hydrogen (secondary N) is 2. The van der Waals surface area contributed by atoms with Crippen LogP contribution < -0.4 is 5.32 Å². The van der Waals surface area contributed by atoms with E-state index in [9.17, 15) is 0 Å². The molecule has 1 aromatic heterocycles. The van der Waals surface area contributed by atoms with Crippen molar-refractivity contribution in [3.8, 4) is 0 Å². The zero-order valence-corrected chi connectivity index (χ0v) is 5.72. The Morgan fingerprint density at radius 2 is 2.40 bits per heavy atom. The molecule has 0 unspecified atom stereocenters. The summed E-state index contributed by atoms with van der Waals surface area (Å²) in [5.74, 6) is 0. The van der Waals surface area contributed by atoms with Gasteiger partial charge in [-0.2, -0.15) is 0 Å². The lowest BCUT2D eigenvalue weighted by Gasteiger charge is -1.95. The molecule has 0 atom stereocenters. The molecule has 1 aliphatic rings. The molecule has 0 saturated carbocycles. The van der Waals surface area contributed by atoms with Crippen LogP contribution in [0.5, 0.6) is 0 Å². The smallest absolute Gasteiger partial charge is 0.0366 e. The third-order valence-electron chi connectivity index (χ3n) is 1.73. The van der Waals surface area contributed by atoms with E-state index in [1.807, 2.05) is 6.20 Å². The molecule has 2 nitrogen and oxygen atoms in total. The first-order valence-electron chi connectivity index (χ1n) is 3.50. The first-order valence-corrected chi connectivity index (χ1v) is 3.50. The van der Waals surface area contributed by atoms with E-state index in [1.165, 1.54) is 11.3 Å². The minimum absolute atomic E-state index is 0.954. The fourth-order valence-corrected chi connectivity index (χ4v) is 1.19. The Balaban J connectivity index is 2.42. The number of hydrogen-bond donors (Lipinski definition) is 2. The number of rotatable bonds is 0. The van der Waals surface area contributed by atoms with Gasteiger partial charge in [0.2, 0.25) is 0 Å². The number of fused-ring (bicyclic) bond motifs is 1. The van der Waals surface area contributed by atoms with Crippen molar-refractivity contribution in [2.24, 2.45) is 0 Å². The molecule has 2 rings (SSSR count). The average molecular weight is 134 g/mol. The summed E-state index contributed by atoms with van der Waals surface area (Å²) in [5.41, 5.74) is 2.60. The van der Waals surface area contributed by atoms with Gasteiger partial charge < -0.3 is 10.3 Å². The van der Waals surface area contributed by atoms with Gasteiger partial charge in [-0.1, -0.05) is 12.2 Å². The maximum absolute atomic E-state index is 3.27. The summed E-state index contributed by atoms with van der Waals surface area (Å²) in [4.78, 5) is 3.18. The van der Waals surface area contributed by atoms with Gasteiger partial charge in [-0.25, -0.2) is 0 Å². The number of aromatic amines is 1. The lowest BCUT2D eigenvalue weighted by atomic mass is 10.2. The Labute approximate surface area is 60.0 Å². The van der Waals surface area contributed by atoms with E-state index in [0.717, 1.165) is 13.1 Å². The van der Waals surface area contributed by atoms with Crippen LogP contribution in [0, 0.1) is 0 Å².